The van der Waals surface area contributed by atoms with Gasteiger partial charge in [-0.3, -0.25) is 4.79 Å². The first-order valence-electron chi connectivity index (χ1n) is 7.35. The number of allylic oxidation sites excluding steroid dienone is 1. The molecule has 1 aromatic carbocycles. The zero-order valence-corrected chi connectivity index (χ0v) is 14.5. The van der Waals surface area contributed by atoms with Crippen LogP contribution >= 0.6 is 11.6 Å². The average molecular weight is 377 g/mol. The highest BCUT2D eigenvalue weighted by atomic mass is 35.5. The summed E-state index contributed by atoms with van der Waals surface area (Å²) in [6.07, 6.45) is 2.74. The molecular weight excluding hydrogens is 361 g/mol. The van der Waals surface area contributed by atoms with Crippen LogP contribution in [0.2, 0.25) is 5.02 Å². The van der Waals surface area contributed by atoms with Crippen LogP contribution in [0.25, 0.3) is 0 Å². The zero-order valence-electron chi connectivity index (χ0n) is 13.7. The summed E-state index contributed by atoms with van der Waals surface area (Å²) in [5.41, 5.74) is -1.04. The molecule has 1 aliphatic rings. The second-order valence-corrected chi connectivity index (χ2v) is 6.64. The fourth-order valence-electron chi connectivity index (χ4n) is 2.72. The Morgan fingerprint density at radius 3 is 2.52 bits per heavy atom. The normalized spacial score (nSPS) is 21.2. The van der Waals surface area contributed by atoms with Crippen molar-refractivity contribution in [3.8, 4) is 0 Å². The minimum atomic E-state index is -1.42. The van der Waals surface area contributed by atoms with E-state index in [2.05, 4.69) is 4.74 Å². The van der Waals surface area contributed by atoms with Gasteiger partial charge in [-0.15, -0.1) is 0 Å². The Morgan fingerprint density at radius 2 is 1.92 bits per heavy atom. The van der Waals surface area contributed by atoms with Crippen molar-refractivity contribution in [1.82, 2.24) is 0 Å². The number of carbonyl (C=O) groups is 2. The third-order valence-electron chi connectivity index (χ3n) is 4.37. The van der Waals surface area contributed by atoms with E-state index in [1.54, 1.807) is 13.8 Å². The fourth-order valence-corrected chi connectivity index (χ4v) is 2.91. The van der Waals surface area contributed by atoms with E-state index >= 15 is 0 Å². The maximum Gasteiger partial charge on any atom is 0.330 e. The van der Waals surface area contributed by atoms with Gasteiger partial charge in [0, 0.05) is 17.7 Å². The van der Waals surface area contributed by atoms with Crippen molar-refractivity contribution in [2.45, 2.75) is 20.5 Å². The van der Waals surface area contributed by atoms with Crippen molar-refractivity contribution in [1.29, 1.82) is 0 Å². The Labute approximate surface area is 147 Å². The topological polar surface area (TPSA) is 52.6 Å². The number of esters is 2. The number of halogens is 4. The second-order valence-electron chi connectivity index (χ2n) is 6.26. The third kappa shape index (κ3) is 3.81. The largest absolute Gasteiger partial charge is 0.466 e. The van der Waals surface area contributed by atoms with Crippen molar-refractivity contribution < 1.29 is 32.2 Å². The summed E-state index contributed by atoms with van der Waals surface area (Å²) in [6.45, 7) is 2.89. The van der Waals surface area contributed by atoms with Gasteiger partial charge in [0.2, 0.25) is 0 Å². The number of benzene rings is 1. The van der Waals surface area contributed by atoms with Gasteiger partial charge in [-0.25, -0.2) is 18.0 Å². The lowest BCUT2D eigenvalue weighted by atomic mass is 10.1. The van der Waals surface area contributed by atoms with Crippen LogP contribution in [0, 0.1) is 34.7 Å². The highest BCUT2D eigenvalue weighted by Crippen LogP contribution is 2.59. The van der Waals surface area contributed by atoms with Crippen LogP contribution in [0.5, 0.6) is 0 Å². The molecular formula is C17H16ClF3O4. The molecule has 0 saturated heterocycles. The molecule has 1 aromatic rings. The minimum Gasteiger partial charge on any atom is -0.466 e. The van der Waals surface area contributed by atoms with Crippen LogP contribution in [-0.4, -0.2) is 19.0 Å². The lowest BCUT2D eigenvalue weighted by Gasteiger charge is -2.09. The van der Waals surface area contributed by atoms with Crippen molar-refractivity contribution in [3.63, 3.8) is 0 Å². The highest BCUT2D eigenvalue weighted by molar-refractivity contribution is 6.31. The van der Waals surface area contributed by atoms with Crippen LogP contribution in [0.3, 0.4) is 0 Å². The van der Waals surface area contributed by atoms with Gasteiger partial charge < -0.3 is 9.47 Å². The number of rotatable bonds is 5. The molecule has 0 N–H and O–H groups in total. The Kier molecular flexibility index (Phi) is 5.46. The van der Waals surface area contributed by atoms with E-state index in [0.717, 1.165) is 0 Å². The maximum absolute atomic E-state index is 13.7. The van der Waals surface area contributed by atoms with Gasteiger partial charge in [-0.2, -0.15) is 0 Å². The molecule has 0 bridgehead atoms. The van der Waals surface area contributed by atoms with Crippen molar-refractivity contribution in [2.75, 3.05) is 7.11 Å². The summed E-state index contributed by atoms with van der Waals surface area (Å²) in [7, 11) is 1.23. The Balaban J connectivity index is 2.07. The van der Waals surface area contributed by atoms with E-state index < -0.39 is 57.9 Å². The Morgan fingerprint density at radius 1 is 1.28 bits per heavy atom. The molecule has 4 nitrogen and oxygen atoms in total. The summed E-state index contributed by atoms with van der Waals surface area (Å²) < 4.78 is 49.8. The predicted molar refractivity (Wildman–Crippen MR) is 83.0 cm³/mol. The van der Waals surface area contributed by atoms with E-state index in [1.807, 2.05) is 0 Å². The summed E-state index contributed by atoms with van der Waals surface area (Å²) in [5.74, 6) is -6.01. The van der Waals surface area contributed by atoms with Gasteiger partial charge in [0.1, 0.15) is 12.4 Å². The van der Waals surface area contributed by atoms with Crippen molar-refractivity contribution in [3.05, 3.63) is 46.3 Å². The monoisotopic (exact) mass is 376 g/mol. The highest BCUT2D eigenvalue weighted by Gasteiger charge is 2.61. The summed E-state index contributed by atoms with van der Waals surface area (Å²) in [5, 5.41) is -0.635. The Bertz CT molecular complexity index is 720. The molecule has 1 fully saturated rings. The van der Waals surface area contributed by atoms with E-state index in [4.69, 9.17) is 16.3 Å². The van der Waals surface area contributed by atoms with Gasteiger partial charge in [-0.05, 0) is 11.3 Å². The molecule has 0 radical (unpaired) electrons. The molecule has 8 heteroatoms. The fraction of sp³-hybridized carbons (Fsp3) is 0.412. The first kappa shape index (κ1) is 19.3. The number of hydrogen-bond donors (Lipinski definition) is 0. The molecule has 0 spiro atoms. The van der Waals surface area contributed by atoms with E-state index in [1.165, 1.54) is 19.3 Å². The van der Waals surface area contributed by atoms with Gasteiger partial charge >= 0.3 is 11.9 Å². The summed E-state index contributed by atoms with van der Waals surface area (Å²) in [4.78, 5) is 23.3. The van der Waals surface area contributed by atoms with Gasteiger partial charge in [0.05, 0.1) is 18.1 Å². The SMILES string of the molecule is COC(=O)/C=C\[C@H]1[C@@H](C(=O)OCc2c(F)c(F)cc(F)c2Cl)C1(C)C. The van der Waals surface area contributed by atoms with Crippen LogP contribution in [0.15, 0.2) is 18.2 Å². The quantitative estimate of drug-likeness (QED) is 0.445. The zero-order chi connectivity index (χ0) is 18.9. The summed E-state index contributed by atoms with van der Waals surface area (Å²) in [6, 6.07) is 0.320. The minimum absolute atomic E-state index is 0.274. The van der Waals surface area contributed by atoms with Crippen molar-refractivity contribution in [2.24, 2.45) is 17.3 Å². The molecule has 0 heterocycles. The van der Waals surface area contributed by atoms with Crippen LogP contribution in [0.1, 0.15) is 19.4 Å². The molecule has 136 valence electrons. The summed E-state index contributed by atoms with van der Waals surface area (Å²) >= 11 is 5.60. The molecule has 25 heavy (non-hydrogen) atoms. The van der Waals surface area contributed by atoms with E-state index in [9.17, 15) is 22.8 Å². The number of hydrogen-bond acceptors (Lipinski definition) is 4. The van der Waals surface area contributed by atoms with Crippen molar-refractivity contribution >= 4 is 23.5 Å². The lowest BCUT2D eigenvalue weighted by molar-refractivity contribution is -0.147. The molecule has 0 unspecified atom stereocenters. The average Bonchev–Trinajstić information content (AvgIpc) is 3.11. The first-order chi connectivity index (χ1) is 11.6. The van der Waals surface area contributed by atoms with Crippen LogP contribution in [-0.2, 0) is 25.7 Å². The molecule has 0 aromatic heterocycles. The number of carbonyl (C=O) groups excluding carboxylic acids is 2. The number of ether oxygens (including phenoxy) is 2. The lowest BCUT2D eigenvalue weighted by Crippen LogP contribution is -2.12. The van der Waals surface area contributed by atoms with Gasteiger partial charge in [0.25, 0.3) is 0 Å². The smallest absolute Gasteiger partial charge is 0.330 e. The third-order valence-corrected chi connectivity index (χ3v) is 4.78. The molecule has 2 rings (SSSR count). The van der Waals surface area contributed by atoms with Gasteiger partial charge in [0.15, 0.2) is 11.6 Å². The van der Waals surface area contributed by atoms with E-state index in [0.29, 0.717) is 6.07 Å². The second kappa shape index (κ2) is 7.07. The number of methoxy groups -OCH3 is 1. The molecule has 0 aliphatic heterocycles. The van der Waals surface area contributed by atoms with Crippen LogP contribution in [0.4, 0.5) is 13.2 Å². The van der Waals surface area contributed by atoms with Crippen LogP contribution < -0.4 is 0 Å². The molecule has 1 aliphatic carbocycles. The maximum atomic E-state index is 13.7. The predicted octanol–water partition coefficient (Wildman–Crippen LogP) is 3.80. The Hall–Kier alpha value is -2.02. The molecule has 1 saturated carbocycles. The first-order valence-corrected chi connectivity index (χ1v) is 7.73. The standard InChI is InChI=1S/C17H16ClF3O4/c1-17(2)9(4-5-12(22)24-3)13(17)16(23)25-7-8-14(18)10(19)6-11(20)15(8)21/h4-6,9,13H,7H2,1-3H3/b5-4-/t9-,13-/m0/s1. The molecule has 0 amide bonds. The van der Waals surface area contributed by atoms with Gasteiger partial charge in [-0.1, -0.05) is 31.5 Å². The molecule has 2 atom stereocenters. The van der Waals surface area contributed by atoms with E-state index in [-0.39, 0.29) is 5.92 Å².